The molecule has 16 heavy (non-hydrogen) atoms. The number of para-hydroxylation sites is 1. The predicted octanol–water partition coefficient (Wildman–Crippen LogP) is 1.60. The van der Waals surface area contributed by atoms with Crippen molar-refractivity contribution in [2.45, 2.75) is 19.9 Å². The van der Waals surface area contributed by atoms with E-state index in [0.717, 1.165) is 6.54 Å². The van der Waals surface area contributed by atoms with Gasteiger partial charge in [0.15, 0.2) is 17.3 Å². The van der Waals surface area contributed by atoms with Crippen LogP contribution in [0.5, 0.6) is 11.5 Å². The number of nitrogens with one attached hydrogen (secondary N) is 1. The van der Waals surface area contributed by atoms with Crippen LogP contribution in [0, 0.1) is 0 Å². The Labute approximate surface area is 94.6 Å². The Hall–Kier alpha value is -1.55. The van der Waals surface area contributed by atoms with Gasteiger partial charge in [-0.15, -0.1) is 0 Å². The van der Waals surface area contributed by atoms with Crippen LogP contribution in [-0.2, 0) is 0 Å². The van der Waals surface area contributed by atoms with Gasteiger partial charge < -0.3 is 14.8 Å². The molecule has 0 unspecified atom stereocenters. The van der Waals surface area contributed by atoms with E-state index in [4.69, 9.17) is 9.47 Å². The summed E-state index contributed by atoms with van der Waals surface area (Å²) in [6.45, 7) is 4.77. The van der Waals surface area contributed by atoms with E-state index in [2.05, 4.69) is 5.32 Å². The van der Waals surface area contributed by atoms with Crippen molar-refractivity contribution in [3.63, 3.8) is 0 Å². The number of ketones is 1. The highest BCUT2D eigenvalue weighted by atomic mass is 16.7. The number of likely N-dealkylation sites (N-methyl/N-ethyl adjacent to an activating group) is 1. The average molecular weight is 221 g/mol. The summed E-state index contributed by atoms with van der Waals surface area (Å²) in [6, 6.07) is 5.17. The molecule has 1 aromatic rings. The topological polar surface area (TPSA) is 47.6 Å². The maximum absolute atomic E-state index is 12.1. The number of hydrogen-bond acceptors (Lipinski definition) is 4. The van der Waals surface area contributed by atoms with Gasteiger partial charge in [-0.1, -0.05) is 13.0 Å². The molecule has 86 valence electrons. The number of benzene rings is 1. The Morgan fingerprint density at radius 2 is 2.31 bits per heavy atom. The third kappa shape index (κ3) is 1.88. The standard InChI is InChI=1S/C12H15NO3/c1-3-13-8(2)11(14)9-5-4-6-10-12(9)16-7-15-10/h4-6,8,13H,3,7H2,1-2H3/t8-/m0/s1. The van der Waals surface area contributed by atoms with Crippen molar-refractivity contribution in [2.75, 3.05) is 13.3 Å². The Balaban J connectivity index is 2.27. The van der Waals surface area contributed by atoms with E-state index in [-0.39, 0.29) is 18.6 Å². The van der Waals surface area contributed by atoms with Gasteiger partial charge in [0.2, 0.25) is 6.79 Å². The molecule has 0 saturated carbocycles. The van der Waals surface area contributed by atoms with Crippen LogP contribution in [0.3, 0.4) is 0 Å². The molecule has 1 aromatic carbocycles. The second-order valence-corrected chi connectivity index (χ2v) is 3.68. The van der Waals surface area contributed by atoms with Crippen molar-refractivity contribution in [1.82, 2.24) is 5.32 Å². The number of ether oxygens (including phenoxy) is 2. The summed E-state index contributed by atoms with van der Waals surface area (Å²) in [5.41, 5.74) is 0.587. The Morgan fingerprint density at radius 3 is 3.06 bits per heavy atom. The molecule has 1 heterocycles. The molecule has 4 heteroatoms. The van der Waals surface area contributed by atoms with E-state index < -0.39 is 0 Å². The largest absolute Gasteiger partial charge is 0.454 e. The van der Waals surface area contributed by atoms with Gasteiger partial charge in [0.1, 0.15) is 0 Å². The first-order valence-corrected chi connectivity index (χ1v) is 5.40. The zero-order valence-corrected chi connectivity index (χ0v) is 9.45. The number of hydrogen-bond donors (Lipinski definition) is 1. The SMILES string of the molecule is CCN[C@@H](C)C(=O)c1cccc2c1OCO2. The normalized spacial score (nSPS) is 14.9. The maximum Gasteiger partial charge on any atom is 0.231 e. The van der Waals surface area contributed by atoms with Gasteiger partial charge in [-0.05, 0) is 25.6 Å². The molecule has 0 radical (unpaired) electrons. The number of Topliss-reactive ketones (excluding diaryl/α,β-unsaturated/α-hetero) is 1. The van der Waals surface area contributed by atoms with Crippen molar-refractivity contribution in [1.29, 1.82) is 0 Å². The molecule has 1 aliphatic rings. The van der Waals surface area contributed by atoms with Crippen LogP contribution in [-0.4, -0.2) is 25.2 Å². The molecule has 0 amide bonds. The van der Waals surface area contributed by atoms with Gasteiger partial charge in [-0.25, -0.2) is 0 Å². The second-order valence-electron chi connectivity index (χ2n) is 3.68. The molecule has 4 nitrogen and oxygen atoms in total. The molecule has 0 bridgehead atoms. The lowest BCUT2D eigenvalue weighted by atomic mass is 10.0. The van der Waals surface area contributed by atoms with Crippen LogP contribution in [0.15, 0.2) is 18.2 Å². The van der Waals surface area contributed by atoms with Gasteiger partial charge in [0, 0.05) is 0 Å². The lowest BCUT2D eigenvalue weighted by molar-refractivity contribution is 0.0947. The quantitative estimate of drug-likeness (QED) is 0.784. The van der Waals surface area contributed by atoms with Crippen molar-refractivity contribution < 1.29 is 14.3 Å². The third-order valence-corrected chi connectivity index (χ3v) is 2.57. The molecule has 0 spiro atoms. The van der Waals surface area contributed by atoms with E-state index in [0.29, 0.717) is 17.1 Å². The van der Waals surface area contributed by atoms with Gasteiger partial charge >= 0.3 is 0 Å². The number of rotatable bonds is 4. The van der Waals surface area contributed by atoms with Crippen molar-refractivity contribution in [3.8, 4) is 11.5 Å². The van der Waals surface area contributed by atoms with Crippen LogP contribution in [0.4, 0.5) is 0 Å². The molecule has 2 rings (SSSR count). The molecule has 1 N–H and O–H groups in total. The Bertz CT molecular complexity index is 403. The van der Waals surface area contributed by atoms with Gasteiger partial charge in [-0.2, -0.15) is 0 Å². The fraction of sp³-hybridized carbons (Fsp3) is 0.417. The average Bonchev–Trinajstić information content (AvgIpc) is 2.76. The number of carbonyl (C=O) groups is 1. The first kappa shape index (κ1) is 11.0. The van der Waals surface area contributed by atoms with Gasteiger partial charge in [0.05, 0.1) is 11.6 Å². The summed E-state index contributed by atoms with van der Waals surface area (Å²) < 4.78 is 10.5. The summed E-state index contributed by atoms with van der Waals surface area (Å²) in [5, 5.41) is 3.09. The van der Waals surface area contributed by atoms with E-state index in [1.165, 1.54) is 0 Å². The number of carbonyl (C=O) groups excluding carboxylic acids is 1. The molecule has 0 saturated heterocycles. The highest BCUT2D eigenvalue weighted by Gasteiger charge is 2.24. The lowest BCUT2D eigenvalue weighted by Crippen LogP contribution is -2.33. The highest BCUT2D eigenvalue weighted by Crippen LogP contribution is 2.35. The monoisotopic (exact) mass is 221 g/mol. The Morgan fingerprint density at radius 1 is 1.50 bits per heavy atom. The van der Waals surface area contributed by atoms with Gasteiger partial charge in [0.25, 0.3) is 0 Å². The summed E-state index contributed by atoms with van der Waals surface area (Å²) in [4.78, 5) is 12.1. The van der Waals surface area contributed by atoms with Crippen LogP contribution in [0.25, 0.3) is 0 Å². The summed E-state index contributed by atoms with van der Waals surface area (Å²) >= 11 is 0. The van der Waals surface area contributed by atoms with Crippen LogP contribution in [0.1, 0.15) is 24.2 Å². The third-order valence-electron chi connectivity index (χ3n) is 2.57. The van der Waals surface area contributed by atoms with E-state index >= 15 is 0 Å². The first-order valence-electron chi connectivity index (χ1n) is 5.40. The molecule has 1 atom stereocenters. The molecule has 0 aromatic heterocycles. The number of fused-ring (bicyclic) bond motifs is 1. The molecule has 0 aliphatic carbocycles. The minimum absolute atomic E-state index is 0.0317. The van der Waals surface area contributed by atoms with Crippen LogP contribution < -0.4 is 14.8 Å². The minimum atomic E-state index is -0.208. The van der Waals surface area contributed by atoms with E-state index in [1.54, 1.807) is 18.2 Å². The predicted molar refractivity (Wildman–Crippen MR) is 60.0 cm³/mol. The highest BCUT2D eigenvalue weighted by molar-refractivity contribution is 6.03. The van der Waals surface area contributed by atoms with E-state index in [1.807, 2.05) is 13.8 Å². The first-order chi connectivity index (χ1) is 7.74. The smallest absolute Gasteiger partial charge is 0.231 e. The van der Waals surface area contributed by atoms with Crippen LogP contribution >= 0.6 is 0 Å². The fourth-order valence-corrected chi connectivity index (χ4v) is 1.76. The molecule has 0 fully saturated rings. The fourth-order valence-electron chi connectivity index (χ4n) is 1.76. The van der Waals surface area contributed by atoms with Crippen molar-refractivity contribution in [3.05, 3.63) is 23.8 Å². The van der Waals surface area contributed by atoms with E-state index in [9.17, 15) is 4.79 Å². The summed E-state index contributed by atoms with van der Waals surface area (Å²) in [5.74, 6) is 1.25. The zero-order chi connectivity index (χ0) is 11.5. The van der Waals surface area contributed by atoms with Gasteiger partial charge in [-0.3, -0.25) is 4.79 Å². The summed E-state index contributed by atoms with van der Waals surface area (Å²) in [6.07, 6.45) is 0. The van der Waals surface area contributed by atoms with Crippen molar-refractivity contribution >= 4 is 5.78 Å². The molecular weight excluding hydrogens is 206 g/mol. The maximum atomic E-state index is 12.1. The molecular formula is C12H15NO3. The van der Waals surface area contributed by atoms with Crippen molar-refractivity contribution in [2.24, 2.45) is 0 Å². The zero-order valence-electron chi connectivity index (χ0n) is 9.45. The Kier molecular flexibility index (Phi) is 3.10. The lowest BCUT2D eigenvalue weighted by Gasteiger charge is -2.12. The molecule has 1 aliphatic heterocycles. The minimum Gasteiger partial charge on any atom is -0.454 e. The second kappa shape index (κ2) is 4.53. The summed E-state index contributed by atoms with van der Waals surface area (Å²) in [7, 11) is 0. The van der Waals surface area contributed by atoms with Crippen LogP contribution in [0.2, 0.25) is 0 Å².